The van der Waals surface area contributed by atoms with E-state index in [1.165, 1.54) is 18.2 Å². The summed E-state index contributed by atoms with van der Waals surface area (Å²) in [6, 6.07) is 5.07. The summed E-state index contributed by atoms with van der Waals surface area (Å²) in [7, 11) is 4.67. The van der Waals surface area contributed by atoms with Crippen molar-refractivity contribution < 1.29 is 19.1 Å². The van der Waals surface area contributed by atoms with Gasteiger partial charge in [0, 0.05) is 49.9 Å². The van der Waals surface area contributed by atoms with Crippen LogP contribution in [-0.2, 0) is 10.2 Å². The number of amides is 4. The summed E-state index contributed by atoms with van der Waals surface area (Å²) in [4.78, 5) is 46.6. The van der Waals surface area contributed by atoms with Crippen molar-refractivity contribution in [2.45, 2.75) is 11.8 Å². The molecule has 4 rings (SSSR count). The Hall–Kier alpha value is -2.85. The largest absolute Gasteiger partial charge is 0.453 e. The second-order valence-corrected chi connectivity index (χ2v) is 9.30. The molecule has 0 bridgehead atoms. The lowest BCUT2D eigenvalue weighted by atomic mass is 9.81. The van der Waals surface area contributed by atoms with Crippen molar-refractivity contribution in [3.63, 3.8) is 0 Å². The van der Waals surface area contributed by atoms with Gasteiger partial charge in [0.2, 0.25) is 0 Å². The first-order chi connectivity index (χ1) is 14.7. The van der Waals surface area contributed by atoms with Gasteiger partial charge in [0.05, 0.1) is 13.3 Å². The number of ether oxygens (including phenoxy) is 1. The standard InChI is InChI=1S/C20H22ClN5O4S/c1-24(2)16(27)15-9-22-17(31-15)23-18(28)26-11-20(6-7-25(10-20)19(29)30-3)13-8-12(21)4-5-14(13)26/h4-5,8-9H,6-7,10-11H2,1-3H3,(H,22,23,28). The predicted molar refractivity (Wildman–Crippen MR) is 118 cm³/mol. The average Bonchev–Trinajstić information content (AvgIpc) is 3.45. The number of fused-ring (bicyclic) bond motifs is 2. The molecule has 2 aliphatic heterocycles. The van der Waals surface area contributed by atoms with E-state index in [1.54, 1.807) is 30.0 Å². The van der Waals surface area contributed by atoms with Crippen molar-refractivity contribution in [2.75, 3.05) is 51.1 Å². The number of hydrogen-bond donors (Lipinski definition) is 1. The van der Waals surface area contributed by atoms with Crippen LogP contribution in [0.2, 0.25) is 5.02 Å². The second-order valence-electron chi connectivity index (χ2n) is 7.83. The first-order valence-electron chi connectivity index (χ1n) is 9.63. The fraction of sp³-hybridized carbons (Fsp3) is 0.400. The molecule has 1 atom stereocenters. The van der Waals surface area contributed by atoms with Crippen LogP contribution >= 0.6 is 22.9 Å². The minimum absolute atomic E-state index is 0.174. The van der Waals surface area contributed by atoms with Crippen LogP contribution in [0.15, 0.2) is 24.4 Å². The first kappa shape index (κ1) is 21.4. The van der Waals surface area contributed by atoms with Gasteiger partial charge < -0.3 is 14.5 Å². The molecular weight excluding hydrogens is 442 g/mol. The number of anilines is 2. The maximum Gasteiger partial charge on any atom is 0.409 e. The van der Waals surface area contributed by atoms with Gasteiger partial charge in [-0.05, 0) is 30.2 Å². The van der Waals surface area contributed by atoms with Crippen LogP contribution in [0.4, 0.5) is 20.4 Å². The summed E-state index contributed by atoms with van der Waals surface area (Å²) in [5.41, 5.74) is 1.26. The zero-order valence-electron chi connectivity index (χ0n) is 17.3. The van der Waals surface area contributed by atoms with Gasteiger partial charge in [-0.1, -0.05) is 22.9 Å². The number of halogens is 1. The minimum atomic E-state index is -0.416. The van der Waals surface area contributed by atoms with Crippen LogP contribution in [0.3, 0.4) is 0 Å². The van der Waals surface area contributed by atoms with Crippen molar-refractivity contribution in [3.05, 3.63) is 39.9 Å². The Morgan fingerprint density at radius 3 is 2.77 bits per heavy atom. The zero-order valence-corrected chi connectivity index (χ0v) is 18.9. The molecule has 1 aromatic heterocycles. The third kappa shape index (κ3) is 3.81. The lowest BCUT2D eigenvalue weighted by Crippen LogP contribution is -2.41. The number of carbonyl (C=O) groups is 3. The number of likely N-dealkylation sites (tertiary alicyclic amines) is 1. The Kier molecular flexibility index (Phi) is 5.52. The number of thiazole rings is 1. The van der Waals surface area contributed by atoms with Gasteiger partial charge in [-0.25, -0.2) is 14.6 Å². The molecule has 1 aromatic carbocycles. The Morgan fingerprint density at radius 1 is 1.29 bits per heavy atom. The highest BCUT2D eigenvalue weighted by Crippen LogP contribution is 2.47. The molecular formula is C20H22ClN5O4S. The molecule has 31 heavy (non-hydrogen) atoms. The van der Waals surface area contributed by atoms with Gasteiger partial charge >= 0.3 is 12.1 Å². The van der Waals surface area contributed by atoms with Gasteiger partial charge in [0.1, 0.15) is 4.88 Å². The minimum Gasteiger partial charge on any atom is -0.453 e. The molecule has 1 N–H and O–H groups in total. The molecule has 2 aromatic rings. The highest BCUT2D eigenvalue weighted by Gasteiger charge is 2.50. The molecule has 11 heteroatoms. The number of rotatable bonds is 2. The van der Waals surface area contributed by atoms with Crippen LogP contribution in [-0.4, -0.2) is 73.7 Å². The Labute approximate surface area is 188 Å². The first-order valence-corrected chi connectivity index (χ1v) is 10.8. The Morgan fingerprint density at radius 2 is 2.06 bits per heavy atom. The number of nitrogens with zero attached hydrogens (tertiary/aromatic N) is 4. The molecule has 0 radical (unpaired) electrons. The van der Waals surface area contributed by atoms with Gasteiger partial charge in [-0.3, -0.25) is 15.0 Å². The molecule has 1 fully saturated rings. The van der Waals surface area contributed by atoms with Gasteiger partial charge in [-0.2, -0.15) is 0 Å². The number of methoxy groups -OCH3 is 1. The van der Waals surface area contributed by atoms with Crippen LogP contribution in [0.25, 0.3) is 0 Å². The number of urea groups is 1. The van der Waals surface area contributed by atoms with Crippen LogP contribution in [0.1, 0.15) is 21.7 Å². The molecule has 2 aliphatic rings. The van der Waals surface area contributed by atoms with Crippen molar-refractivity contribution in [3.8, 4) is 0 Å². The fourth-order valence-electron chi connectivity index (χ4n) is 4.14. The van der Waals surface area contributed by atoms with E-state index < -0.39 is 5.41 Å². The number of benzene rings is 1. The summed E-state index contributed by atoms with van der Waals surface area (Å²) < 4.78 is 4.87. The van der Waals surface area contributed by atoms with E-state index in [9.17, 15) is 14.4 Å². The number of hydrogen-bond acceptors (Lipinski definition) is 6. The fourth-order valence-corrected chi connectivity index (χ4v) is 5.14. The van der Waals surface area contributed by atoms with Gasteiger partial charge in [-0.15, -0.1) is 0 Å². The summed E-state index contributed by atoms with van der Waals surface area (Å²) in [6.45, 7) is 1.38. The molecule has 164 valence electrons. The van der Waals surface area contributed by atoms with E-state index in [-0.39, 0.29) is 18.0 Å². The normalized spacial score (nSPS) is 19.5. The molecule has 1 spiro atoms. The number of carbonyl (C=O) groups excluding carboxylic acids is 3. The van der Waals surface area contributed by atoms with Crippen molar-refractivity contribution in [1.29, 1.82) is 0 Å². The molecule has 3 heterocycles. The quantitative estimate of drug-likeness (QED) is 0.737. The smallest absolute Gasteiger partial charge is 0.409 e. The second kappa shape index (κ2) is 8.01. The molecule has 0 saturated carbocycles. The highest BCUT2D eigenvalue weighted by molar-refractivity contribution is 7.17. The number of nitrogens with one attached hydrogen (secondary N) is 1. The molecule has 1 saturated heterocycles. The van der Waals surface area contributed by atoms with E-state index in [0.29, 0.717) is 41.1 Å². The van der Waals surface area contributed by atoms with Crippen molar-refractivity contribution >= 4 is 51.8 Å². The maximum absolute atomic E-state index is 13.1. The molecule has 9 nitrogen and oxygen atoms in total. The zero-order chi connectivity index (χ0) is 22.3. The van der Waals surface area contributed by atoms with E-state index in [4.69, 9.17) is 16.3 Å². The van der Waals surface area contributed by atoms with Gasteiger partial charge in [0.25, 0.3) is 5.91 Å². The summed E-state index contributed by atoms with van der Waals surface area (Å²) in [6.07, 6.45) is 1.76. The lowest BCUT2D eigenvalue weighted by molar-refractivity contribution is 0.0832. The SMILES string of the molecule is COC(=O)N1CCC2(C1)CN(C(=O)Nc1ncc(C(=O)N(C)C)s1)c1ccc(Cl)cc12. The average molecular weight is 464 g/mol. The van der Waals surface area contributed by atoms with Crippen LogP contribution in [0, 0.1) is 0 Å². The summed E-state index contributed by atoms with van der Waals surface area (Å²) >= 11 is 7.38. The van der Waals surface area contributed by atoms with E-state index in [1.807, 2.05) is 12.1 Å². The van der Waals surface area contributed by atoms with E-state index >= 15 is 0 Å². The Balaban J connectivity index is 1.58. The summed E-state index contributed by atoms with van der Waals surface area (Å²) in [5, 5.41) is 3.71. The maximum atomic E-state index is 13.1. The highest BCUT2D eigenvalue weighted by atomic mass is 35.5. The molecule has 4 amide bonds. The van der Waals surface area contributed by atoms with E-state index in [2.05, 4.69) is 10.3 Å². The van der Waals surface area contributed by atoms with Crippen molar-refractivity contribution in [1.82, 2.24) is 14.8 Å². The lowest BCUT2D eigenvalue weighted by Gasteiger charge is -2.25. The number of aromatic nitrogens is 1. The topological polar surface area (TPSA) is 95.1 Å². The van der Waals surface area contributed by atoms with Crippen molar-refractivity contribution in [2.24, 2.45) is 0 Å². The Bertz CT molecular complexity index is 1060. The van der Waals surface area contributed by atoms with Gasteiger partial charge in [0.15, 0.2) is 5.13 Å². The third-order valence-corrected chi connectivity index (χ3v) is 6.79. The van der Waals surface area contributed by atoms with E-state index in [0.717, 1.165) is 22.6 Å². The monoisotopic (exact) mass is 463 g/mol. The van der Waals surface area contributed by atoms with Crippen LogP contribution in [0.5, 0.6) is 0 Å². The summed E-state index contributed by atoms with van der Waals surface area (Å²) in [5.74, 6) is -0.174. The molecule has 0 aliphatic carbocycles. The predicted octanol–water partition coefficient (Wildman–Crippen LogP) is 3.26. The third-order valence-electron chi connectivity index (χ3n) is 5.65. The molecule has 1 unspecified atom stereocenters. The van der Waals surface area contributed by atoms with Crippen LogP contribution < -0.4 is 10.2 Å².